The summed E-state index contributed by atoms with van der Waals surface area (Å²) in [6.07, 6.45) is 2.61. The van der Waals surface area contributed by atoms with Gasteiger partial charge in [0.2, 0.25) is 0 Å². The topological polar surface area (TPSA) is 112 Å². The van der Waals surface area contributed by atoms with Gasteiger partial charge in [-0.1, -0.05) is 0 Å². The Balaban J connectivity index is 2.50. The van der Waals surface area contributed by atoms with Gasteiger partial charge in [0.15, 0.2) is 5.65 Å². The molecule has 0 aliphatic carbocycles. The van der Waals surface area contributed by atoms with Crippen LogP contribution in [0.5, 0.6) is 0 Å². The number of carbonyl (C=O) groups excluding carboxylic acids is 1. The molecule has 0 unspecified atom stereocenters. The molecule has 0 spiro atoms. The van der Waals surface area contributed by atoms with Crippen LogP contribution in [-0.4, -0.2) is 40.8 Å². The average molecular weight is 303 g/mol. The number of fused-ring (bicyclic) bond motifs is 1. The van der Waals surface area contributed by atoms with Crippen molar-refractivity contribution < 1.29 is 9.53 Å². The summed E-state index contributed by atoms with van der Waals surface area (Å²) in [5.41, 5.74) is 0.419. The second-order valence-corrected chi connectivity index (χ2v) is 4.63. The fourth-order valence-corrected chi connectivity index (χ4v) is 2.14. The number of aromatic nitrogens is 3. The first kappa shape index (κ1) is 15.7. The molecule has 0 radical (unpaired) electrons. The van der Waals surface area contributed by atoms with Gasteiger partial charge in [-0.3, -0.25) is 4.79 Å². The van der Waals surface area contributed by atoms with Crippen LogP contribution in [0.2, 0.25) is 0 Å². The molecule has 2 N–H and O–H groups in total. The van der Waals surface area contributed by atoms with E-state index in [1.165, 1.54) is 6.20 Å². The van der Waals surface area contributed by atoms with Gasteiger partial charge in [-0.05, 0) is 33.4 Å². The van der Waals surface area contributed by atoms with Crippen LogP contribution in [-0.2, 0) is 11.2 Å². The van der Waals surface area contributed by atoms with Gasteiger partial charge < -0.3 is 15.0 Å². The molecule has 0 atom stereocenters. The third kappa shape index (κ3) is 2.84. The highest BCUT2D eigenvalue weighted by atomic mass is 16.5. The van der Waals surface area contributed by atoms with E-state index in [1.54, 1.807) is 6.92 Å². The monoisotopic (exact) mass is 303 g/mol. The molecular weight excluding hydrogens is 286 g/mol. The maximum atomic E-state index is 12.3. The van der Waals surface area contributed by atoms with E-state index in [0.29, 0.717) is 23.3 Å². The number of aromatic amines is 1. The van der Waals surface area contributed by atoms with E-state index >= 15 is 0 Å². The van der Waals surface area contributed by atoms with Crippen LogP contribution in [0.1, 0.15) is 35.0 Å². The molecule has 22 heavy (non-hydrogen) atoms. The highest BCUT2D eigenvalue weighted by molar-refractivity contribution is 5.88. The van der Waals surface area contributed by atoms with E-state index in [0.717, 1.165) is 17.5 Å². The minimum Gasteiger partial charge on any atom is -0.462 e. The van der Waals surface area contributed by atoms with Crippen molar-refractivity contribution in [2.45, 2.75) is 19.8 Å². The van der Waals surface area contributed by atoms with Crippen LogP contribution in [0.4, 0.5) is 0 Å². The van der Waals surface area contributed by atoms with Crippen LogP contribution in [0.25, 0.3) is 5.65 Å². The van der Waals surface area contributed by atoms with Crippen molar-refractivity contribution in [2.24, 2.45) is 0 Å². The molecule has 0 fully saturated rings. The second-order valence-electron chi connectivity index (χ2n) is 4.63. The minimum atomic E-state index is -0.712. The molecule has 0 aromatic carbocycles. The predicted octanol–water partition coefficient (Wildman–Crippen LogP) is 0.223. The van der Waals surface area contributed by atoms with Gasteiger partial charge in [0.05, 0.1) is 12.3 Å². The molecule has 0 saturated heterocycles. The molecule has 0 bridgehead atoms. The Bertz CT molecular complexity index is 784. The number of carbonyl (C=O) groups is 1. The lowest BCUT2D eigenvalue weighted by Crippen LogP contribution is -2.24. The molecule has 2 aromatic heterocycles. The number of hydrogen-bond donors (Lipinski definition) is 2. The molecule has 8 nitrogen and oxygen atoms in total. The summed E-state index contributed by atoms with van der Waals surface area (Å²) in [4.78, 5) is 26.8. The Morgan fingerprint density at radius 1 is 1.59 bits per heavy atom. The fourth-order valence-electron chi connectivity index (χ4n) is 2.14. The normalized spacial score (nSPS) is 10.6. The Hall–Kier alpha value is -2.66. The van der Waals surface area contributed by atoms with Crippen molar-refractivity contribution in [1.82, 2.24) is 19.9 Å². The molecule has 8 heteroatoms. The number of rotatable bonds is 6. The first-order chi connectivity index (χ1) is 10.6. The highest BCUT2D eigenvalue weighted by Crippen LogP contribution is 2.13. The van der Waals surface area contributed by atoms with Gasteiger partial charge in [0.25, 0.3) is 5.56 Å². The standard InChI is InChI=1S/C14H17N5O3/c1-3-22-14(21)10-8-17-12-9(7-15)11(5-4-6-16-2)18-19(12)13(10)20/h8,16-17H,3-6H2,1-2H3. The predicted molar refractivity (Wildman–Crippen MR) is 78.7 cm³/mol. The van der Waals surface area contributed by atoms with Crippen molar-refractivity contribution in [3.8, 4) is 6.07 Å². The summed E-state index contributed by atoms with van der Waals surface area (Å²) >= 11 is 0. The van der Waals surface area contributed by atoms with Gasteiger partial charge in [-0.2, -0.15) is 14.9 Å². The zero-order valence-corrected chi connectivity index (χ0v) is 12.5. The Morgan fingerprint density at radius 3 is 3.00 bits per heavy atom. The lowest BCUT2D eigenvalue weighted by atomic mass is 10.1. The van der Waals surface area contributed by atoms with Gasteiger partial charge in [0, 0.05) is 6.20 Å². The molecular formula is C14H17N5O3. The van der Waals surface area contributed by atoms with Crippen molar-refractivity contribution in [1.29, 1.82) is 5.26 Å². The van der Waals surface area contributed by atoms with Crippen molar-refractivity contribution >= 4 is 11.6 Å². The zero-order valence-electron chi connectivity index (χ0n) is 12.5. The number of hydrogen-bond acceptors (Lipinski definition) is 6. The fraction of sp³-hybridized carbons (Fsp3) is 0.429. The van der Waals surface area contributed by atoms with E-state index in [4.69, 9.17) is 4.74 Å². The third-order valence-electron chi connectivity index (χ3n) is 3.18. The lowest BCUT2D eigenvalue weighted by Gasteiger charge is -2.01. The quantitative estimate of drug-likeness (QED) is 0.583. The largest absolute Gasteiger partial charge is 0.462 e. The Kier molecular flexibility index (Phi) is 4.91. The van der Waals surface area contributed by atoms with E-state index in [9.17, 15) is 14.9 Å². The van der Waals surface area contributed by atoms with Gasteiger partial charge in [0.1, 0.15) is 17.2 Å². The molecule has 0 saturated carbocycles. The molecule has 2 heterocycles. The smallest absolute Gasteiger partial charge is 0.345 e. The summed E-state index contributed by atoms with van der Waals surface area (Å²) in [7, 11) is 1.84. The SMILES string of the molecule is CCOC(=O)c1c[nH]c2c(C#N)c(CCCNC)nn2c1=O. The lowest BCUT2D eigenvalue weighted by molar-refractivity contribution is 0.0523. The Labute approximate surface area is 126 Å². The Morgan fingerprint density at radius 2 is 2.36 bits per heavy atom. The molecule has 116 valence electrons. The molecule has 2 rings (SSSR count). The number of nitrogens with zero attached hydrogens (tertiary/aromatic N) is 3. The number of nitriles is 1. The number of nitrogens with one attached hydrogen (secondary N) is 2. The van der Waals surface area contributed by atoms with Crippen LogP contribution in [0, 0.1) is 11.3 Å². The van der Waals surface area contributed by atoms with Crippen LogP contribution in [0.15, 0.2) is 11.0 Å². The highest BCUT2D eigenvalue weighted by Gasteiger charge is 2.19. The summed E-state index contributed by atoms with van der Waals surface area (Å²) in [5.74, 6) is -0.712. The van der Waals surface area contributed by atoms with E-state index < -0.39 is 11.5 Å². The van der Waals surface area contributed by atoms with E-state index in [1.807, 2.05) is 7.05 Å². The van der Waals surface area contributed by atoms with Crippen molar-refractivity contribution in [3.05, 3.63) is 33.4 Å². The number of H-pyrrole nitrogens is 1. The first-order valence-electron chi connectivity index (χ1n) is 6.99. The summed E-state index contributed by atoms with van der Waals surface area (Å²) < 4.78 is 5.88. The molecule has 0 aliphatic heterocycles. The number of aryl methyl sites for hydroxylation is 1. The van der Waals surface area contributed by atoms with E-state index in [2.05, 4.69) is 21.5 Å². The zero-order chi connectivity index (χ0) is 16.1. The van der Waals surface area contributed by atoms with Gasteiger partial charge in [-0.25, -0.2) is 4.79 Å². The number of ether oxygens (including phenoxy) is 1. The summed E-state index contributed by atoms with van der Waals surface area (Å²) in [6.45, 7) is 2.61. The third-order valence-corrected chi connectivity index (χ3v) is 3.18. The van der Waals surface area contributed by atoms with Gasteiger partial charge >= 0.3 is 5.97 Å². The molecule has 0 amide bonds. The molecule has 0 aliphatic rings. The van der Waals surface area contributed by atoms with Crippen LogP contribution in [0.3, 0.4) is 0 Å². The van der Waals surface area contributed by atoms with Crippen molar-refractivity contribution in [3.63, 3.8) is 0 Å². The van der Waals surface area contributed by atoms with Crippen LogP contribution < -0.4 is 10.9 Å². The maximum absolute atomic E-state index is 12.3. The van der Waals surface area contributed by atoms with Gasteiger partial charge in [-0.15, -0.1) is 0 Å². The summed E-state index contributed by atoms with van der Waals surface area (Å²) in [6, 6.07) is 2.06. The maximum Gasteiger partial charge on any atom is 0.345 e. The average Bonchev–Trinajstić information content (AvgIpc) is 2.86. The molecule has 2 aromatic rings. The minimum absolute atomic E-state index is 0.136. The van der Waals surface area contributed by atoms with E-state index in [-0.39, 0.29) is 12.2 Å². The van der Waals surface area contributed by atoms with Crippen molar-refractivity contribution in [2.75, 3.05) is 20.2 Å². The summed E-state index contributed by atoms with van der Waals surface area (Å²) in [5, 5.41) is 16.5. The van der Waals surface area contributed by atoms with Crippen LogP contribution >= 0.6 is 0 Å². The second kappa shape index (κ2) is 6.87. The number of esters is 1. The first-order valence-corrected chi connectivity index (χ1v) is 6.99.